The summed E-state index contributed by atoms with van der Waals surface area (Å²) in [5.41, 5.74) is 4.31. The summed E-state index contributed by atoms with van der Waals surface area (Å²) in [4.78, 5) is 28.1. The Morgan fingerprint density at radius 2 is 2.07 bits per heavy atom. The highest BCUT2D eigenvalue weighted by atomic mass is 16.3. The number of carbonyl (C=O) groups is 1. The Hall–Kier alpha value is -3.58. The molecule has 0 spiro atoms. The Kier molecular flexibility index (Phi) is 4.35. The molecule has 3 aromatic heterocycles. The van der Waals surface area contributed by atoms with Gasteiger partial charge in [-0.25, -0.2) is 4.98 Å². The van der Waals surface area contributed by atoms with Crippen LogP contribution in [0.2, 0.25) is 0 Å². The number of nitrogens with one attached hydrogen (secondary N) is 2. The molecule has 0 fully saturated rings. The highest BCUT2D eigenvalue weighted by molar-refractivity contribution is 6.11. The Labute approximate surface area is 155 Å². The summed E-state index contributed by atoms with van der Waals surface area (Å²) in [6, 6.07) is 10.8. The first-order valence-corrected chi connectivity index (χ1v) is 8.41. The molecule has 4 aromatic rings. The van der Waals surface area contributed by atoms with E-state index in [2.05, 4.69) is 25.3 Å². The van der Waals surface area contributed by atoms with Gasteiger partial charge in [-0.05, 0) is 36.2 Å². The Bertz CT molecular complexity index is 1110. The number of nitrogens with zero attached hydrogens (tertiary/aromatic N) is 3. The number of aliphatic hydroxyl groups excluding tert-OH is 1. The molecule has 0 radical (unpaired) electrons. The van der Waals surface area contributed by atoms with E-state index in [-0.39, 0.29) is 5.91 Å². The Morgan fingerprint density at radius 3 is 2.89 bits per heavy atom. The maximum atomic E-state index is 12.7. The fourth-order valence-electron chi connectivity index (χ4n) is 2.87. The monoisotopic (exact) mass is 359 g/mol. The third-order valence-corrected chi connectivity index (χ3v) is 4.37. The first-order valence-electron chi connectivity index (χ1n) is 8.41. The molecular formula is C20H17N5O2. The SMILES string of the molecule is Cc1ccc(C(O)c2ccccn2)cc1NC(=O)c1cncc2[nH]cnc12. The van der Waals surface area contributed by atoms with Crippen molar-refractivity contribution in [3.8, 4) is 0 Å². The molecule has 1 aromatic carbocycles. The lowest BCUT2D eigenvalue weighted by Gasteiger charge is -2.14. The summed E-state index contributed by atoms with van der Waals surface area (Å²) >= 11 is 0. The maximum Gasteiger partial charge on any atom is 0.259 e. The maximum absolute atomic E-state index is 12.7. The molecule has 0 aliphatic heterocycles. The van der Waals surface area contributed by atoms with E-state index in [0.29, 0.717) is 33.5 Å². The number of imidazole rings is 1. The number of hydrogen-bond donors (Lipinski definition) is 3. The zero-order valence-corrected chi connectivity index (χ0v) is 14.5. The van der Waals surface area contributed by atoms with E-state index in [9.17, 15) is 9.90 Å². The molecule has 1 atom stereocenters. The number of aryl methyl sites for hydroxylation is 1. The van der Waals surface area contributed by atoms with Crippen LogP contribution in [-0.2, 0) is 0 Å². The average molecular weight is 359 g/mol. The van der Waals surface area contributed by atoms with E-state index in [0.717, 1.165) is 5.56 Å². The van der Waals surface area contributed by atoms with Gasteiger partial charge in [0.2, 0.25) is 0 Å². The van der Waals surface area contributed by atoms with E-state index in [1.807, 2.05) is 25.1 Å². The van der Waals surface area contributed by atoms with Crippen molar-refractivity contribution in [2.24, 2.45) is 0 Å². The molecule has 0 aliphatic rings. The summed E-state index contributed by atoms with van der Waals surface area (Å²) in [5, 5.41) is 13.5. The predicted octanol–water partition coefficient (Wildman–Crippen LogP) is 3.00. The van der Waals surface area contributed by atoms with Crippen molar-refractivity contribution < 1.29 is 9.90 Å². The van der Waals surface area contributed by atoms with Gasteiger partial charge in [-0.15, -0.1) is 0 Å². The van der Waals surface area contributed by atoms with Crippen LogP contribution in [-0.4, -0.2) is 30.9 Å². The number of carbonyl (C=O) groups excluding carboxylic acids is 1. The molecule has 4 rings (SSSR count). The van der Waals surface area contributed by atoms with Crippen molar-refractivity contribution in [3.63, 3.8) is 0 Å². The summed E-state index contributed by atoms with van der Waals surface area (Å²) < 4.78 is 0. The van der Waals surface area contributed by atoms with Crippen LogP contribution in [0.4, 0.5) is 5.69 Å². The van der Waals surface area contributed by atoms with Gasteiger partial charge in [-0.1, -0.05) is 18.2 Å². The minimum absolute atomic E-state index is 0.312. The fraction of sp³-hybridized carbons (Fsp3) is 0.100. The lowest BCUT2D eigenvalue weighted by atomic mass is 10.0. The van der Waals surface area contributed by atoms with Crippen LogP contribution in [0.5, 0.6) is 0 Å². The van der Waals surface area contributed by atoms with E-state index >= 15 is 0 Å². The second kappa shape index (κ2) is 6.97. The third kappa shape index (κ3) is 3.28. The minimum Gasteiger partial charge on any atom is -0.382 e. The summed E-state index contributed by atoms with van der Waals surface area (Å²) in [7, 11) is 0. The van der Waals surface area contributed by atoms with Crippen molar-refractivity contribution in [1.82, 2.24) is 19.9 Å². The van der Waals surface area contributed by atoms with Gasteiger partial charge in [0.1, 0.15) is 11.6 Å². The van der Waals surface area contributed by atoms with Gasteiger partial charge in [-0.3, -0.25) is 14.8 Å². The van der Waals surface area contributed by atoms with E-state index in [1.54, 1.807) is 30.6 Å². The highest BCUT2D eigenvalue weighted by Crippen LogP contribution is 2.26. The van der Waals surface area contributed by atoms with Crippen molar-refractivity contribution >= 4 is 22.6 Å². The lowest BCUT2D eigenvalue weighted by Crippen LogP contribution is -2.14. The van der Waals surface area contributed by atoms with Gasteiger partial charge in [0.15, 0.2) is 0 Å². The first-order chi connectivity index (χ1) is 13.1. The smallest absolute Gasteiger partial charge is 0.259 e. The zero-order chi connectivity index (χ0) is 18.8. The number of aromatic amines is 1. The van der Waals surface area contributed by atoms with Crippen molar-refractivity contribution in [2.45, 2.75) is 13.0 Å². The number of rotatable bonds is 4. The number of pyridine rings is 2. The van der Waals surface area contributed by atoms with Crippen molar-refractivity contribution in [2.75, 3.05) is 5.32 Å². The molecule has 7 heteroatoms. The van der Waals surface area contributed by atoms with Crippen molar-refractivity contribution in [1.29, 1.82) is 0 Å². The first kappa shape index (κ1) is 16.9. The Balaban J connectivity index is 1.64. The number of aliphatic hydroxyl groups is 1. The van der Waals surface area contributed by atoms with E-state index in [4.69, 9.17) is 0 Å². The van der Waals surface area contributed by atoms with E-state index in [1.165, 1.54) is 12.5 Å². The molecule has 3 N–H and O–H groups in total. The van der Waals surface area contributed by atoms with Gasteiger partial charge >= 0.3 is 0 Å². The third-order valence-electron chi connectivity index (χ3n) is 4.37. The fourth-order valence-corrected chi connectivity index (χ4v) is 2.87. The van der Waals surface area contributed by atoms with Crippen LogP contribution in [0.15, 0.2) is 61.3 Å². The molecule has 3 heterocycles. The number of amides is 1. The highest BCUT2D eigenvalue weighted by Gasteiger charge is 2.16. The van der Waals surface area contributed by atoms with Crippen LogP contribution in [0.1, 0.15) is 33.3 Å². The normalized spacial score (nSPS) is 12.1. The molecule has 0 aliphatic carbocycles. The number of H-pyrrole nitrogens is 1. The molecule has 1 unspecified atom stereocenters. The van der Waals surface area contributed by atoms with Crippen LogP contribution >= 0.6 is 0 Å². The minimum atomic E-state index is -0.876. The molecule has 0 saturated heterocycles. The second-order valence-corrected chi connectivity index (χ2v) is 6.17. The van der Waals surface area contributed by atoms with Gasteiger partial charge in [0, 0.05) is 18.1 Å². The Morgan fingerprint density at radius 1 is 1.19 bits per heavy atom. The number of fused-ring (bicyclic) bond motifs is 1. The van der Waals surface area contributed by atoms with Crippen LogP contribution < -0.4 is 5.32 Å². The van der Waals surface area contributed by atoms with Crippen LogP contribution in [0.25, 0.3) is 11.0 Å². The topological polar surface area (TPSA) is 104 Å². The summed E-state index contributed by atoms with van der Waals surface area (Å²) in [5.74, 6) is -0.312. The predicted molar refractivity (Wildman–Crippen MR) is 101 cm³/mol. The largest absolute Gasteiger partial charge is 0.382 e. The van der Waals surface area contributed by atoms with Crippen molar-refractivity contribution in [3.05, 3.63) is 83.7 Å². The quantitative estimate of drug-likeness (QED) is 0.520. The van der Waals surface area contributed by atoms with Gasteiger partial charge in [0.05, 0.1) is 29.3 Å². The number of anilines is 1. The van der Waals surface area contributed by atoms with Gasteiger partial charge in [-0.2, -0.15) is 0 Å². The van der Waals surface area contributed by atoms with E-state index < -0.39 is 6.10 Å². The number of aromatic nitrogens is 4. The van der Waals surface area contributed by atoms with Crippen LogP contribution in [0.3, 0.4) is 0 Å². The molecule has 0 bridgehead atoms. The average Bonchev–Trinajstić information content (AvgIpc) is 3.18. The second-order valence-electron chi connectivity index (χ2n) is 6.17. The van der Waals surface area contributed by atoms with Gasteiger partial charge < -0.3 is 15.4 Å². The lowest BCUT2D eigenvalue weighted by molar-refractivity contribution is 0.102. The summed E-state index contributed by atoms with van der Waals surface area (Å²) in [6.45, 7) is 1.89. The van der Waals surface area contributed by atoms with Crippen LogP contribution in [0, 0.1) is 6.92 Å². The molecular weight excluding hydrogens is 342 g/mol. The van der Waals surface area contributed by atoms with Gasteiger partial charge in [0.25, 0.3) is 5.91 Å². The zero-order valence-electron chi connectivity index (χ0n) is 14.5. The molecule has 7 nitrogen and oxygen atoms in total. The molecule has 1 amide bonds. The molecule has 134 valence electrons. The molecule has 0 saturated carbocycles. The summed E-state index contributed by atoms with van der Waals surface area (Å²) in [6.07, 6.45) is 5.39. The number of benzene rings is 1. The standard InChI is InChI=1S/C20H17N5O2/c1-12-5-6-13(19(26)15-4-2-3-7-22-15)8-16(12)25-20(27)14-9-21-10-17-18(14)24-11-23-17/h2-11,19,26H,1H3,(H,23,24)(H,25,27). The molecule has 27 heavy (non-hydrogen) atoms. The number of hydrogen-bond acceptors (Lipinski definition) is 5.